The van der Waals surface area contributed by atoms with E-state index in [0.717, 1.165) is 5.69 Å². The number of furan rings is 1. The van der Waals surface area contributed by atoms with Crippen LogP contribution in [0.5, 0.6) is 0 Å². The van der Waals surface area contributed by atoms with Crippen molar-refractivity contribution in [2.45, 2.75) is 26.3 Å². The number of carbonyl (C=O) groups excluding carboxylic acids is 1. The first-order valence-corrected chi connectivity index (χ1v) is 8.98. The number of oxazole rings is 1. The van der Waals surface area contributed by atoms with Crippen LogP contribution in [0.4, 0.5) is 4.39 Å². The molecular weight excluding hydrogens is 363 g/mol. The maximum Gasteiger partial charge on any atom is 0.292 e. The van der Waals surface area contributed by atoms with Crippen LogP contribution < -0.4 is 0 Å². The number of nitrogens with zero attached hydrogens (tertiary/aromatic N) is 3. The second kappa shape index (κ2) is 6.05. The van der Waals surface area contributed by atoms with Gasteiger partial charge in [0.05, 0.1) is 23.1 Å². The highest BCUT2D eigenvalue weighted by atomic mass is 19.1. The van der Waals surface area contributed by atoms with Crippen molar-refractivity contribution in [3.8, 4) is 0 Å². The smallest absolute Gasteiger partial charge is 0.292 e. The summed E-state index contributed by atoms with van der Waals surface area (Å²) in [4.78, 5) is 26.6. The minimum atomic E-state index is -0.584. The van der Waals surface area contributed by atoms with Crippen molar-refractivity contribution < 1.29 is 18.0 Å². The molecule has 0 fully saturated rings. The van der Waals surface area contributed by atoms with Crippen molar-refractivity contribution in [3.05, 3.63) is 70.9 Å². The zero-order valence-electron chi connectivity index (χ0n) is 15.3. The van der Waals surface area contributed by atoms with Crippen molar-refractivity contribution in [1.82, 2.24) is 19.9 Å². The van der Waals surface area contributed by atoms with Crippen LogP contribution in [-0.4, -0.2) is 32.3 Å². The number of rotatable bonds is 2. The summed E-state index contributed by atoms with van der Waals surface area (Å²) in [5.41, 5.74) is 2.58. The number of fused-ring (bicyclic) bond motifs is 2. The molecule has 0 bridgehead atoms. The number of carbonyl (C=O) groups is 1. The lowest BCUT2D eigenvalue weighted by atomic mass is 9.99. The van der Waals surface area contributed by atoms with Gasteiger partial charge in [0, 0.05) is 25.6 Å². The third kappa shape index (κ3) is 2.45. The highest BCUT2D eigenvalue weighted by Crippen LogP contribution is 2.37. The van der Waals surface area contributed by atoms with Crippen molar-refractivity contribution in [2.24, 2.45) is 0 Å². The molecule has 3 aromatic heterocycles. The lowest BCUT2D eigenvalue weighted by molar-refractivity contribution is 0.0637. The minimum Gasteiger partial charge on any atom is -0.458 e. The van der Waals surface area contributed by atoms with E-state index in [1.807, 2.05) is 0 Å². The standard InChI is InChI=1S/C20H17FN4O3/c1-10-19(27-11(2)24-10)20(26)25-7-6-14-17(23-9-22-14)18(25)16-8-12-13(21)4-3-5-15(12)28-16/h3-5,8-9,18H,6-7H2,1-2H3,(H,22,23)/t18-/m1/s1. The number of hydrogen-bond acceptors (Lipinski definition) is 5. The molecular formula is C20H17FN4O3. The molecule has 7 nitrogen and oxygen atoms in total. The summed E-state index contributed by atoms with van der Waals surface area (Å²) in [6.07, 6.45) is 2.22. The van der Waals surface area contributed by atoms with Crippen LogP contribution in [0.15, 0.2) is 39.4 Å². The average Bonchev–Trinajstić information content (AvgIpc) is 3.38. The first-order chi connectivity index (χ1) is 13.5. The maximum atomic E-state index is 14.2. The van der Waals surface area contributed by atoms with Gasteiger partial charge in [-0.2, -0.15) is 0 Å². The van der Waals surface area contributed by atoms with Gasteiger partial charge in [-0.3, -0.25) is 4.79 Å². The zero-order chi connectivity index (χ0) is 19.4. The first-order valence-electron chi connectivity index (χ1n) is 8.98. The van der Waals surface area contributed by atoms with Gasteiger partial charge in [0.1, 0.15) is 23.2 Å². The quantitative estimate of drug-likeness (QED) is 0.573. The summed E-state index contributed by atoms with van der Waals surface area (Å²) in [6.45, 7) is 3.88. The topological polar surface area (TPSA) is 88.2 Å². The number of H-pyrrole nitrogens is 1. The zero-order valence-corrected chi connectivity index (χ0v) is 15.3. The van der Waals surface area contributed by atoms with Gasteiger partial charge in [0.2, 0.25) is 5.76 Å². The van der Waals surface area contributed by atoms with Gasteiger partial charge in [0.15, 0.2) is 5.89 Å². The van der Waals surface area contributed by atoms with Crippen LogP contribution in [0.25, 0.3) is 11.0 Å². The first kappa shape index (κ1) is 16.7. The van der Waals surface area contributed by atoms with Crippen LogP contribution >= 0.6 is 0 Å². The van der Waals surface area contributed by atoms with E-state index in [9.17, 15) is 9.18 Å². The number of amides is 1. The van der Waals surface area contributed by atoms with Gasteiger partial charge >= 0.3 is 0 Å². The Morgan fingerprint density at radius 2 is 2.18 bits per heavy atom. The Kier molecular flexibility index (Phi) is 3.61. The fourth-order valence-corrected chi connectivity index (χ4v) is 3.82. The molecule has 0 saturated carbocycles. The Hall–Kier alpha value is -3.42. The van der Waals surface area contributed by atoms with E-state index in [-0.39, 0.29) is 17.5 Å². The highest BCUT2D eigenvalue weighted by molar-refractivity contribution is 5.93. The Morgan fingerprint density at radius 3 is 2.93 bits per heavy atom. The number of aryl methyl sites for hydroxylation is 2. The van der Waals surface area contributed by atoms with Crippen molar-refractivity contribution in [1.29, 1.82) is 0 Å². The summed E-state index contributed by atoms with van der Waals surface area (Å²) in [7, 11) is 0. The van der Waals surface area contributed by atoms with Crippen LogP contribution in [0.3, 0.4) is 0 Å². The predicted molar refractivity (Wildman–Crippen MR) is 97.3 cm³/mol. The number of nitrogens with one attached hydrogen (secondary N) is 1. The van der Waals surface area contributed by atoms with E-state index >= 15 is 0 Å². The average molecular weight is 380 g/mol. The van der Waals surface area contributed by atoms with Crippen LogP contribution in [0, 0.1) is 19.7 Å². The Morgan fingerprint density at radius 1 is 1.32 bits per heavy atom. The molecule has 1 atom stereocenters. The fourth-order valence-electron chi connectivity index (χ4n) is 3.82. The molecule has 1 aliphatic rings. The van der Waals surface area contributed by atoms with Gasteiger partial charge in [-0.25, -0.2) is 14.4 Å². The molecule has 1 aromatic carbocycles. The highest BCUT2D eigenvalue weighted by Gasteiger charge is 2.38. The predicted octanol–water partition coefficient (Wildman–Crippen LogP) is 3.69. The van der Waals surface area contributed by atoms with Gasteiger partial charge in [0.25, 0.3) is 5.91 Å². The van der Waals surface area contributed by atoms with Gasteiger partial charge in [-0.05, 0) is 25.1 Å². The molecule has 0 radical (unpaired) electrons. The number of aromatic amines is 1. The van der Waals surface area contributed by atoms with E-state index in [4.69, 9.17) is 8.83 Å². The largest absolute Gasteiger partial charge is 0.458 e. The molecule has 0 saturated heterocycles. The molecule has 142 valence electrons. The van der Waals surface area contributed by atoms with Crippen molar-refractivity contribution in [2.75, 3.05) is 6.54 Å². The third-order valence-electron chi connectivity index (χ3n) is 5.08. The molecule has 0 aliphatic carbocycles. The molecule has 1 amide bonds. The van der Waals surface area contributed by atoms with Gasteiger partial charge in [-0.1, -0.05) is 6.07 Å². The number of benzene rings is 1. The lowest BCUT2D eigenvalue weighted by Gasteiger charge is -2.33. The van der Waals surface area contributed by atoms with Crippen LogP contribution in [-0.2, 0) is 6.42 Å². The number of aromatic nitrogens is 3. The number of hydrogen-bond donors (Lipinski definition) is 1. The summed E-state index contributed by atoms with van der Waals surface area (Å²) in [5.74, 6) is 0.419. The monoisotopic (exact) mass is 380 g/mol. The van der Waals surface area contributed by atoms with E-state index in [0.29, 0.717) is 47.0 Å². The van der Waals surface area contributed by atoms with Crippen molar-refractivity contribution in [3.63, 3.8) is 0 Å². The lowest BCUT2D eigenvalue weighted by Crippen LogP contribution is -2.40. The molecule has 1 N–H and O–H groups in total. The second-order valence-electron chi connectivity index (χ2n) is 6.87. The Balaban J connectivity index is 1.65. The fraction of sp³-hybridized carbons (Fsp3) is 0.250. The Labute approximate surface area is 159 Å². The number of halogens is 1. The normalized spacial score (nSPS) is 16.5. The molecule has 4 heterocycles. The Bertz CT molecular complexity index is 1210. The molecule has 4 aromatic rings. The summed E-state index contributed by atoms with van der Waals surface area (Å²) < 4.78 is 25.7. The molecule has 5 rings (SSSR count). The van der Waals surface area contributed by atoms with E-state index in [2.05, 4.69) is 15.0 Å². The van der Waals surface area contributed by atoms with E-state index in [1.165, 1.54) is 6.07 Å². The summed E-state index contributed by atoms with van der Waals surface area (Å²) in [5, 5.41) is 0.374. The molecule has 0 spiro atoms. The summed E-state index contributed by atoms with van der Waals surface area (Å²) >= 11 is 0. The van der Waals surface area contributed by atoms with Gasteiger partial charge < -0.3 is 18.7 Å². The van der Waals surface area contributed by atoms with Crippen LogP contribution in [0.2, 0.25) is 0 Å². The number of imidazole rings is 1. The van der Waals surface area contributed by atoms with Gasteiger partial charge in [-0.15, -0.1) is 0 Å². The van der Waals surface area contributed by atoms with Crippen molar-refractivity contribution >= 4 is 16.9 Å². The van der Waals surface area contributed by atoms with Crippen LogP contribution in [0.1, 0.15) is 45.3 Å². The maximum absolute atomic E-state index is 14.2. The molecule has 8 heteroatoms. The minimum absolute atomic E-state index is 0.198. The van der Waals surface area contributed by atoms with E-state index in [1.54, 1.807) is 43.3 Å². The molecule has 28 heavy (non-hydrogen) atoms. The summed E-state index contributed by atoms with van der Waals surface area (Å²) in [6, 6.07) is 5.73. The third-order valence-corrected chi connectivity index (χ3v) is 5.08. The molecule has 1 aliphatic heterocycles. The second-order valence-corrected chi connectivity index (χ2v) is 6.87. The van der Waals surface area contributed by atoms with E-state index < -0.39 is 6.04 Å². The molecule has 0 unspecified atom stereocenters. The SMILES string of the molecule is Cc1nc(C)c(C(=O)N2CCc3[nH]cnc3[C@H]2c2cc3c(F)cccc3o2)o1.